The summed E-state index contributed by atoms with van der Waals surface area (Å²) in [5.74, 6) is 0.320. The van der Waals surface area contributed by atoms with Gasteiger partial charge < -0.3 is 14.4 Å². The molecule has 1 aliphatic rings. The number of rotatable bonds is 5. The number of nitrogens with zero attached hydrogens (tertiary/aromatic N) is 1. The zero-order chi connectivity index (χ0) is 13.8. The van der Waals surface area contributed by atoms with Crippen molar-refractivity contribution >= 4 is 5.91 Å². The van der Waals surface area contributed by atoms with Crippen LogP contribution in [-0.4, -0.2) is 42.7 Å². The highest BCUT2D eigenvalue weighted by Gasteiger charge is 2.34. The summed E-state index contributed by atoms with van der Waals surface area (Å²) in [7, 11) is 0. The lowest BCUT2D eigenvalue weighted by molar-refractivity contribution is -0.151. The molecular formula is C14H18FNO3. The molecule has 2 rings (SSSR count). The van der Waals surface area contributed by atoms with Gasteiger partial charge in [-0.15, -0.1) is 0 Å². The molecule has 0 N–H and O–H groups in total. The molecule has 0 spiro atoms. The highest BCUT2D eigenvalue weighted by atomic mass is 19.1. The van der Waals surface area contributed by atoms with E-state index < -0.39 is 6.10 Å². The first-order valence-corrected chi connectivity index (χ1v) is 6.42. The maximum Gasteiger partial charge on any atom is 0.251 e. The van der Waals surface area contributed by atoms with E-state index in [0.717, 1.165) is 0 Å². The molecule has 0 aliphatic carbocycles. The minimum Gasteiger partial charge on any atom is -0.487 e. The summed E-state index contributed by atoms with van der Waals surface area (Å²) >= 11 is 0. The lowest BCUT2D eigenvalue weighted by Gasteiger charge is -2.40. The van der Waals surface area contributed by atoms with E-state index in [1.54, 1.807) is 24.0 Å². The Morgan fingerprint density at radius 2 is 2.05 bits per heavy atom. The molecule has 1 amide bonds. The molecule has 1 fully saturated rings. The maximum atomic E-state index is 12.7. The topological polar surface area (TPSA) is 38.8 Å². The van der Waals surface area contributed by atoms with E-state index in [2.05, 4.69) is 0 Å². The van der Waals surface area contributed by atoms with Gasteiger partial charge >= 0.3 is 0 Å². The second-order valence-corrected chi connectivity index (χ2v) is 4.53. The lowest BCUT2D eigenvalue weighted by atomic mass is 10.1. The van der Waals surface area contributed by atoms with Gasteiger partial charge in [-0.25, -0.2) is 4.39 Å². The van der Waals surface area contributed by atoms with Crippen molar-refractivity contribution in [2.24, 2.45) is 0 Å². The van der Waals surface area contributed by atoms with Crippen molar-refractivity contribution < 1.29 is 18.7 Å². The molecule has 1 heterocycles. The maximum absolute atomic E-state index is 12.7. The van der Waals surface area contributed by atoms with Crippen molar-refractivity contribution in [3.8, 4) is 5.75 Å². The van der Waals surface area contributed by atoms with Gasteiger partial charge in [0.15, 0.2) is 0 Å². The van der Waals surface area contributed by atoms with Crippen LogP contribution in [0.2, 0.25) is 0 Å². The summed E-state index contributed by atoms with van der Waals surface area (Å²) in [4.78, 5) is 13.6. The first-order chi connectivity index (χ1) is 9.10. The monoisotopic (exact) mass is 267 g/mol. The van der Waals surface area contributed by atoms with Gasteiger partial charge in [-0.05, 0) is 38.1 Å². The fourth-order valence-electron chi connectivity index (χ4n) is 1.98. The van der Waals surface area contributed by atoms with Crippen molar-refractivity contribution in [3.63, 3.8) is 0 Å². The van der Waals surface area contributed by atoms with E-state index in [9.17, 15) is 9.18 Å². The van der Waals surface area contributed by atoms with Gasteiger partial charge in [0.25, 0.3) is 5.91 Å². The summed E-state index contributed by atoms with van der Waals surface area (Å²) in [6.07, 6.45) is -0.431. The Labute approximate surface area is 112 Å². The molecule has 1 aromatic rings. The molecule has 1 saturated heterocycles. The average Bonchev–Trinajstić information content (AvgIpc) is 2.35. The van der Waals surface area contributed by atoms with Crippen LogP contribution >= 0.6 is 0 Å². The van der Waals surface area contributed by atoms with Crippen molar-refractivity contribution in [3.05, 3.63) is 30.1 Å². The van der Waals surface area contributed by atoms with Crippen LogP contribution in [0.4, 0.5) is 4.39 Å². The van der Waals surface area contributed by atoms with E-state index in [0.29, 0.717) is 25.4 Å². The predicted octanol–water partition coefficient (Wildman–Crippen LogP) is 1.84. The second kappa shape index (κ2) is 6.02. The van der Waals surface area contributed by atoms with Crippen LogP contribution in [0.25, 0.3) is 0 Å². The highest BCUT2D eigenvalue weighted by molar-refractivity contribution is 5.81. The van der Waals surface area contributed by atoms with Crippen LogP contribution in [0.5, 0.6) is 5.75 Å². The number of hydrogen-bond acceptors (Lipinski definition) is 3. The lowest BCUT2D eigenvalue weighted by Crippen LogP contribution is -2.58. The largest absolute Gasteiger partial charge is 0.487 e. The molecule has 4 nitrogen and oxygen atoms in total. The molecule has 0 saturated carbocycles. The minimum atomic E-state index is -0.406. The number of halogens is 1. The Morgan fingerprint density at radius 1 is 1.42 bits per heavy atom. The highest BCUT2D eigenvalue weighted by Crippen LogP contribution is 2.19. The molecule has 0 bridgehead atoms. The second-order valence-electron chi connectivity index (χ2n) is 4.53. The van der Waals surface area contributed by atoms with Crippen LogP contribution in [0, 0.1) is 5.82 Å². The average molecular weight is 267 g/mol. The Balaban J connectivity index is 1.77. The number of hydrogen-bond donors (Lipinski definition) is 0. The van der Waals surface area contributed by atoms with Crippen molar-refractivity contribution in [1.29, 1.82) is 0 Å². The van der Waals surface area contributed by atoms with Gasteiger partial charge in [0.2, 0.25) is 0 Å². The standard InChI is InChI=1S/C14H18FNO3/c1-3-18-10(2)14(17)16-8-13(9-16)19-12-6-4-11(15)5-7-12/h4-7,10,13H,3,8-9H2,1-2H3/t10-/m1/s1. The number of benzene rings is 1. The fourth-order valence-corrected chi connectivity index (χ4v) is 1.98. The minimum absolute atomic E-state index is 0.0131. The molecular weight excluding hydrogens is 249 g/mol. The van der Waals surface area contributed by atoms with Crippen LogP contribution < -0.4 is 4.74 Å². The summed E-state index contributed by atoms with van der Waals surface area (Å²) in [5.41, 5.74) is 0. The fraction of sp³-hybridized carbons (Fsp3) is 0.500. The summed E-state index contributed by atoms with van der Waals surface area (Å²) < 4.78 is 23.6. The molecule has 1 atom stereocenters. The number of carbonyl (C=O) groups excluding carboxylic acids is 1. The Morgan fingerprint density at radius 3 is 2.63 bits per heavy atom. The third kappa shape index (κ3) is 3.44. The molecule has 0 radical (unpaired) electrons. The quantitative estimate of drug-likeness (QED) is 0.817. The van der Waals surface area contributed by atoms with Gasteiger partial charge in [-0.1, -0.05) is 0 Å². The van der Waals surface area contributed by atoms with E-state index in [1.807, 2.05) is 6.92 Å². The summed E-state index contributed by atoms with van der Waals surface area (Å²) in [6.45, 7) is 5.23. The molecule has 104 valence electrons. The zero-order valence-electron chi connectivity index (χ0n) is 11.1. The number of carbonyl (C=O) groups is 1. The first-order valence-electron chi connectivity index (χ1n) is 6.42. The van der Waals surface area contributed by atoms with Gasteiger partial charge in [0, 0.05) is 6.61 Å². The van der Waals surface area contributed by atoms with Gasteiger partial charge in [0.05, 0.1) is 13.1 Å². The predicted molar refractivity (Wildman–Crippen MR) is 68.5 cm³/mol. The SMILES string of the molecule is CCO[C@H](C)C(=O)N1CC(Oc2ccc(F)cc2)C1. The van der Waals surface area contributed by atoms with Gasteiger partial charge in [0.1, 0.15) is 23.8 Å². The number of likely N-dealkylation sites (tertiary alicyclic amines) is 1. The van der Waals surface area contributed by atoms with Crippen molar-refractivity contribution in [1.82, 2.24) is 4.90 Å². The summed E-state index contributed by atoms with van der Waals surface area (Å²) in [6, 6.07) is 5.88. The van der Waals surface area contributed by atoms with Gasteiger partial charge in [-0.3, -0.25) is 4.79 Å². The molecule has 5 heteroatoms. The van der Waals surface area contributed by atoms with E-state index in [4.69, 9.17) is 9.47 Å². The van der Waals surface area contributed by atoms with E-state index in [1.165, 1.54) is 12.1 Å². The van der Waals surface area contributed by atoms with E-state index >= 15 is 0 Å². The third-order valence-corrected chi connectivity index (χ3v) is 3.04. The molecule has 1 aromatic carbocycles. The summed E-state index contributed by atoms with van der Waals surface area (Å²) in [5, 5.41) is 0. The van der Waals surface area contributed by atoms with Crippen molar-refractivity contribution in [2.45, 2.75) is 26.1 Å². The van der Waals surface area contributed by atoms with E-state index in [-0.39, 0.29) is 17.8 Å². The third-order valence-electron chi connectivity index (χ3n) is 3.04. The van der Waals surface area contributed by atoms with Crippen LogP contribution in [0.15, 0.2) is 24.3 Å². The first kappa shape index (κ1) is 13.8. The number of amides is 1. The van der Waals surface area contributed by atoms with Gasteiger partial charge in [-0.2, -0.15) is 0 Å². The smallest absolute Gasteiger partial charge is 0.251 e. The molecule has 0 unspecified atom stereocenters. The Hall–Kier alpha value is -1.62. The van der Waals surface area contributed by atoms with Crippen molar-refractivity contribution in [2.75, 3.05) is 19.7 Å². The normalized spacial score (nSPS) is 16.9. The van der Waals surface area contributed by atoms with Crippen LogP contribution in [0.1, 0.15) is 13.8 Å². The molecule has 1 aliphatic heterocycles. The van der Waals surface area contributed by atoms with Crippen LogP contribution in [-0.2, 0) is 9.53 Å². The Bertz CT molecular complexity index is 429. The zero-order valence-corrected chi connectivity index (χ0v) is 11.1. The van der Waals surface area contributed by atoms with Crippen LogP contribution in [0.3, 0.4) is 0 Å². The molecule has 19 heavy (non-hydrogen) atoms. The number of ether oxygens (including phenoxy) is 2. The Kier molecular flexibility index (Phi) is 4.37. The molecule has 0 aromatic heterocycles.